The molecule has 1 aromatic carbocycles. The number of hydrogen-bond donors (Lipinski definition) is 3. The summed E-state index contributed by atoms with van der Waals surface area (Å²) >= 11 is 1.63. The van der Waals surface area contributed by atoms with Gasteiger partial charge in [0.25, 0.3) is 0 Å². The molecule has 0 radical (unpaired) electrons. The number of rotatable bonds is 11. The summed E-state index contributed by atoms with van der Waals surface area (Å²) in [5.41, 5.74) is 6.05. The highest BCUT2D eigenvalue weighted by atomic mass is 32.1. The third-order valence-corrected chi connectivity index (χ3v) is 8.83. The number of methoxy groups -OCH3 is 1. The number of nitrogens with one attached hydrogen (secondary N) is 1. The lowest BCUT2D eigenvalue weighted by Gasteiger charge is -2.42. The van der Waals surface area contributed by atoms with Crippen molar-refractivity contribution in [3.8, 4) is 0 Å². The number of unbranched alkanes of at least 4 members (excludes halogenated alkanes) is 1. The van der Waals surface area contributed by atoms with Crippen LogP contribution >= 0.6 is 11.3 Å². The smallest absolute Gasteiger partial charge is 0.317 e. The molecule has 2 aliphatic rings. The Morgan fingerprint density at radius 3 is 2.94 bits per heavy atom. The summed E-state index contributed by atoms with van der Waals surface area (Å²) in [6, 6.07) is 7.99. The SMILES string of the molecule is COCCCC[C@](O)(c1cccc2ccsc12)C1CN(C(=O)NC[C@H](N)CC2CCCCC2)CCO1. The van der Waals surface area contributed by atoms with E-state index in [1.807, 2.05) is 12.1 Å². The molecule has 1 saturated carbocycles. The van der Waals surface area contributed by atoms with Crippen molar-refractivity contribution in [2.24, 2.45) is 11.7 Å². The first-order valence-electron chi connectivity index (χ1n) is 13.6. The van der Waals surface area contributed by atoms with Gasteiger partial charge in [-0.05, 0) is 48.4 Å². The van der Waals surface area contributed by atoms with Gasteiger partial charge in [-0.15, -0.1) is 11.3 Å². The third kappa shape index (κ3) is 6.78. The average Bonchev–Trinajstić information content (AvgIpc) is 3.39. The summed E-state index contributed by atoms with van der Waals surface area (Å²) in [4.78, 5) is 14.9. The normalized spacial score (nSPS) is 21.9. The average molecular weight is 518 g/mol. The van der Waals surface area contributed by atoms with Crippen molar-refractivity contribution in [1.82, 2.24) is 10.2 Å². The Hall–Kier alpha value is -1.71. The Morgan fingerprint density at radius 2 is 2.14 bits per heavy atom. The molecular formula is C28H43N3O4S. The molecule has 2 fully saturated rings. The number of urea groups is 1. The summed E-state index contributed by atoms with van der Waals surface area (Å²) in [6.07, 6.45) is 9.10. The van der Waals surface area contributed by atoms with Gasteiger partial charge >= 0.3 is 6.03 Å². The summed E-state index contributed by atoms with van der Waals surface area (Å²) in [5, 5.41) is 18.4. The van der Waals surface area contributed by atoms with Crippen LogP contribution in [0.2, 0.25) is 0 Å². The summed E-state index contributed by atoms with van der Waals surface area (Å²) in [5.74, 6) is 0.687. The van der Waals surface area contributed by atoms with E-state index in [0.29, 0.717) is 45.2 Å². The second kappa shape index (κ2) is 13.2. The highest BCUT2D eigenvalue weighted by Gasteiger charge is 2.43. The lowest BCUT2D eigenvalue weighted by Crippen LogP contribution is -2.57. The number of amides is 2. The van der Waals surface area contributed by atoms with E-state index in [2.05, 4.69) is 22.8 Å². The van der Waals surface area contributed by atoms with Crippen molar-refractivity contribution in [2.45, 2.75) is 75.5 Å². The highest BCUT2D eigenvalue weighted by Crippen LogP contribution is 2.40. The number of hydrogen-bond acceptors (Lipinski definition) is 6. The Kier molecular flexibility index (Phi) is 10.0. The maximum Gasteiger partial charge on any atom is 0.317 e. The maximum absolute atomic E-state index is 13.1. The van der Waals surface area contributed by atoms with Crippen LogP contribution in [0.3, 0.4) is 0 Å². The quantitative estimate of drug-likeness (QED) is 0.378. The van der Waals surface area contributed by atoms with Crippen LogP contribution in [-0.2, 0) is 15.1 Å². The number of thiophene rings is 1. The predicted molar refractivity (Wildman–Crippen MR) is 145 cm³/mol. The molecule has 1 unspecified atom stereocenters. The van der Waals surface area contributed by atoms with Crippen molar-refractivity contribution < 1.29 is 19.4 Å². The fourth-order valence-corrected chi connectivity index (χ4v) is 6.83. The van der Waals surface area contributed by atoms with Crippen molar-refractivity contribution >= 4 is 27.5 Å². The molecule has 0 spiro atoms. The molecule has 1 aliphatic carbocycles. The van der Waals surface area contributed by atoms with Crippen LogP contribution < -0.4 is 11.1 Å². The van der Waals surface area contributed by atoms with E-state index >= 15 is 0 Å². The standard InChI is InChI=1S/C28H43N3O4S/c1-34-15-6-5-13-28(33,24-11-7-10-22-12-17-36-26(22)24)25-20-31(14-16-35-25)27(32)30-19-23(29)18-21-8-3-2-4-9-21/h7,10-12,17,21,23,25,33H,2-6,8-9,13-16,18-20,29H2,1H3,(H,30,32)/t23-,25?,28+/m1/s1. The van der Waals surface area contributed by atoms with Gasteiger partial charge in [0, 0.05) is 43.1 Å². The first kappa shape index (κ1) is 27.3. The molecule has 3 atom stereocenters. The largest absolute Gasteiger partial charge is 0.385 e. The molecule has 1 aromatic heterocycles. The molecule has 7 nitrogen and oxygen atoms in total. The van der Waals surface area contributed by atoms with Gasteiger partial charge in [0.05, 0.1) is 13.2 Å². The number of nitrogens with two attached hydrogens (primary N) is 1. The molecule has 1 saturated heterocycles. The predicted octanol–water partition coefficient (Wildman–Crippen LogP) is 4.61. The lowest BCUT2D eigenvalue weighted by molar-refractivity contribution is -0.145. The summed E-state index contributed by atoms with van der Waals surface area (Å²) < 4.78 is 12.5. The van der Waals surface area contributed by atoms with Crippen LogP contribution in [-0.4, -0.2) is 68.1 Å². The Bertz CT molecular complexity index is 963. The number of aliphatic hydroxyl groups is 1. The number of morpholine rings is 1. The molecule has 0 bridgehead atoms. The lowest BCUT2D eigenvalue weighted by atomic mass is 9.82. The molecule has 36 heavy (non-hydrogen) atoms. The van der Waals surface area contributed by atoms with Crippen molar-refractivity contribution in [3.05, 3.63) is 35.2 Å². The van der Waals surface area contributed by atoms with E-state index in [1.165, 1.54) is 32.1 Å². The maximum atomic E-state index is 13.1. The topological polar surface area (TPSA) is 97.1 Å². The molecule has 8 heteroatoms. The highest BCUT2D eigenvalue weighted by molar-refractivity contribution is 7.17. The van der Waals surface area contributed by atoms with Gasteiger partial charge in [-0.25, -0.2) is 4.79 Å². The zero-order valence-electron chi connectivity index (χ0n) is 21.6. The second-order valence-electron chi connectivity index (χ2n) is 10.5. The van der Waals surface area contributed by atoms with Crippen LogP contribution in [0.15, 0.2) is 29.6 Å². The Balaban J connectivity index is 1.41. The van der Waals surface area contributed by atoms with E-state index in [1.54, 1.807) is 23.3 Å². The molecule has 200 valence electrons. The van der Waals surface area contributed by atoms with Crippen LogP contribution in [0.25, 0.3) is 10.1 Å². The number of nitrogens with zero attached hydrogens (tertiary/aromatic N) is 1. The van der Waals surface area contributed by atoms with E-state index in [9.17, 15) is 9.90 Å². The Labute approximate surface area is 219 Å². The minimum Gasteiger partial charge on any atom is -0.385 e. The van der Waals surface area contributed by atoms with Crippen LogP contribution in [0.5, 0.6) is 0 Å². The van der Waals surface area contributed by atoms with E-state index in [4.69, 9.17) is 15.2 Å². The van der Waals surface area contributed by atoms with Gasteiger partial charge in [-0.1, -0.05) is 50.3 Å². The van der Waals surface area contributed by atoms with Crippen LogP contribution in [0, 0.1) is 5.92 Å². The third-order valence-electron chi connectivity index (χ3n) is 7.86. The second-order valence-corrected chi connectivity index (χ2v) is 11.4. The molecular weight excluding hydrogens is 474 g/mol. The summed E-state index contributed by atoms with van der Waals surface area (Å²) in [7, 11) is 1.69. The monoisotopic (exact) mass is 517 g/mol. The minimum atomic E-state index is -1.20. The van der Waals surface area contributed by atoms with Crippen LogP contribution in [0.1, 0.15) is 63.4 Å². The zero-order valence-corrected chi connectivity index (χ0v) is 22.4. The molecule has 4 N–H and O–H groups in total. The molecule has 2 heterocycles. The van der Waals surface area contributed by atoms with E-state index < -0.39 is 11.7 Å². The minimum absolute atomic E-state index is 0.0250. The first-order chi connectivity index (χ1) is 17.5. The van der Waals surface area contributed by atoms with E-state index in [0.717, 1.165) is 34.9 Å². The van der Waals surface area contributed by atoms with Gasteiger partial charge < -0.3 is 30.5 Å². The molecule has 1 aliphatic heterocycles. The fourth-order valence-electron chi connectivity index (χ4n) is 5.83. The van der Waals surface area contributed by atoms with Crippen molar-refractivity contribution in [3.63, 3.8) is 0 Å². The summed E-state index contributed by atoms with van der Waals surface area (Å²) in [6.45, 7) is 2.37. The number of benzene rings is 1. The van der Waals surface area contributed by atoms with Crippen molar-refractivity contribution in [1.29, 1.82) is 0 Å². The number of carbonyl (C=O) groups is 1. The molecule has 2 aromatic rings. The Morgan fingerprint density at radius 1 is 1.31 bits per heavy atom. The van der Waals surface area contributed by atoms with Gasteiger partial charge in [0.2, 0.25) is 0 Å². The van der Waals surface area contributed by atoms with Crippen LogP contribution in [0.4, 0.5) is 4.79 Å². The van der Waals surface area contributed by atoms with Gasteiger partial charge in [0.1, 0.15) is 11.7 Å². The van der Waals surface area contributed by atoms with E-state index in [-0.39, 0.29) is 12.1 Å². The van der Waals surface area contributed by atoms with Crippen molar-refractivity contribution in [2.75, 3.05) is 40.0 Å². The van der Waals surface area contributed by atoms with Gasteiger partial charge in [-0.3, -0.25) is 0 Å². The fraction of sp³-hybridized carbons (Fsp3) is 0.679. The van der Waals surface area contributed by atoms with Gasteiger partial charge in [0.15, 0.2) is 0 Å². The first-order valence-corrected chi connectivity index (χ1v) is 14.5. The van der Waals surface area contributed by atoms with Gasteiger partial charge in [-0.2, -0.15) is 0 Å². The zero-order chi connectivity index (χ0) is 25.4. The molecule has 4 rings (SSSR count). The number of ether oxygens (including phenoxy) is 2. The number of fused-ring (bicyclic) bond motifs is 1. The molecule has 2 amide bonds. The number of carbonyl (C=O) groups excluding carboxylic acids is 1.